The number of rotatable bonds is 2. The Kier molecular flexibility index (Phi) is 2.32. The van der Waals surface area contributed by atoms with Crippen LogP contribution in [0.5, 0.6) is 0 Å². The molecular formula is C15H12N4O. The van der Waals surface area contributed by atoms with Gasteiger partial charge in [-0.2, -0.15) is 0 Å². The number of fused-ring (bicyclic) bond motifs is 2. The van der Waals surface area contributed by atoms with E-state index in [0.717, 1.165) is 28.2 Å². The Labute approximate surface area is 114 Å². The van der Waals surface area contributed by atoms with Gasteiger partial charge in [-0.25, -0.2) is 15.0 Å². The molecule has 98 valence electrons. The molecule has 4 heterocycles. The SMILES string of the molecule is Cc1cc2nc(Cc3ccn4ccnc4n3)ccc2o1. The summed E-state index contributed by atoms with van der Waals surface area (Å²) in [5.41, 5.74) is 3.64. The van der Waals surface area contributed by atoms with Crippen LogP contribution >= 0.6 is 0 Å². The molecule has 4 aromatic heterocycles. The van der Waals surface area contributed by atoms with Crippen molar-refractivity contribution in [3.63, 3.8) is 0 Å². The Hall–Kier alpha value is -2.69. The molecule has 0 aliphatic carbocycles. The van der Waals surface area contributed by atoms with Gasteiger partial charge in [0.2, 0.25) is 5.78 Å². The minimum atomic E-state index is 0.684. The monoisotopic (exact) mass is 264 g/mol. The molecule has 5 nitrogen and oxygen atoms in total. The van der Waals surface area contributed by atoms with Crippen LogP contribution in [0.15, 0.2) is 47.3 Å². The molecule has 0 spiro atoms. The van der Waals surface area contributed by atoms with Crippen LogP contribution in [0, 0.1) is 6.92 Å². The van der Waals surface area contributed by atoms with Crippen LogP contribution in [-0.2, 0) is 6.42 Å². The third kappa shape index (κ3) is 1.84. The molecular weight excluding hydrogens is 252 g/mol. The average Bonchev–Trinajstić information content (AvgIpc) is 3.02. The maximum absolute atomic E-state index is 5.53. The van der Waals surface area contributed by atoms with Crippen LogP contribution in [0.3, 0.4) is 0 Å². The minimum absolute atomic E-state index is 0.684. The van der Waals surface area contributed by atoms with Crippen molar-refractivity contribution in [2.75, 3.05) is 0 Å². The minimum Gasteiger partial charge on any atom is -0.460 e. The van der Waals surface area contributed by atoms with Gasteiger partial charge in [0, 0.05) is 36.8 Å². The number of hydrogen-bond acceptors (Lipinski definition) is 4. The predicted octanol–water partition coefficient (Wildman–Crippen LogP) is 2.77. The summed E-state index contributed by atoms with van der Waals surface area (Å²) in [6.07, 6.45) is 6.27. The lowest BCUT2D eigenvalue weighted by molar-refractivity contribution is 0.578. The smallest absolute Gasteiger partial charge is 0.233 e. The molecule has 0 aliphatic heterocycles. The molecule has 4 aromatic rings. The van der Waals surface area contributed by atoms with Crippen molar-refractivity contribution in [2.24, 2.45) is 0 Å². The van der Waals surface area contributed by atoms with E-state index in [1.54, 1.807) is 6.20 Å². The van der Waals surface area contributed by atoms with Crippen LogP contribution in [0.4, 0.5) is 0 Å². The number of aromatic nitrogens is 4. The molecule has 0 amide bonds. The summed E-state index contributed by atoms with van der Waals surface area (Å²) < 4.78 is 7.42. The van der Waals surface area contributed by atoms with E-state index in [2.05, 4.69) is 15.0 Å². The first-order valence-corrected chi connectivity index (χ1v) is 6.42. The Morgan fingerprint density at radius 3 is 2.95 bits per heavy atom. The van der Waals surface area contributed by atoms with Gasteiger partial charge in [-0.3, -0.25) is 4.40 Å². The summed E-state index contributed by atoms with van der Waals surface area (Å²) in [4.78, 5) is 13.3. The van der Waals surface area contributed by atoms with Gasteiger partial charge >= 0.3 is 0 Å². The fourth-order valence-electron chi connectivity index (χ4n) is 2.31. The van der Waals surface area contributed by atoms with E-state index in [-0.39, 0.29) is 0 Å². The summed E-state index contributed by atoms with van der Waals surface area (Å²) >= 11 is 0. The second kappa shape index (κ2) is 4.16. The first kappa shape index (κ1) is 11.2. The first-order chi connectivity index (χ1) is 9.78. The molecule has 0 saturated carbocycles. The van der Waals surface area contributed by atoms with Crippen molar-refractivity contribution >= 4 is 16.9 Å². The van der Waals surface area contributed by atoms with Crippen LogP contribution in [0.25, 0.3) is 16.9 Å². The van der Waals surface area contributed by atoms with Gasteiger partial charge in [-0.1, -0.05) is 0 Å². The molecule has 4 rings (SSSR count). The summed E-state index contributed by atoms with van der Waals surface area (Å²) in [5.74, 6) is 1.59. The van der Waals surface area contributed by atoms with Gasteiger partial charge in [-0.15, -0.1) is 0 Å². The predicted molar refractivity (Wildman–Crippen MR) is 74.5 cm³/mol. The number of pyridine rings is 1. The Balaban J connectivity index is 1.71. The molecule has 5 heteroatoms. The van der Waals surface area contributed by atoms with Crippen molar-refractivity contribution in [3.8, 4) is 0 Å². The highest BCUT2D eigenvalue weighted by Crippen LogP contribution is 2.18. The lowest BCUT2D eigenvalue weighted by Gasteiger charge is -2.01. The van der Waals surface area contributed by atoms with E-state index in [1.165, 1.54) is 0 Å². The fraction of sp³-hybridized carbons (Fsp3) is 0.133. The number of aryl methyl sites for hydroxylation is 1. The first-order valence-electron chi connectivity index (χ1n) is 6.42. The van der Waals surface area contributed by atoms with Crippen molar-refractivity contribution in [3.05, 3.63) is 60.0 Å². The third-order valence-electron chi connectivity index (χ3n) is 3.24. The van der Waals surface area contributed by atoms with E-state index in [4.69, 9.17) is 4.42 Å². The molecule has 0 N–H and O–H groups in total. The van der Waals surface area contributed by atoms with Gasteiger partial charge in [-0.05, 0) is 25.1 Å². The normalized spacial score (nSPS) is 11.4. The highest BCUT2D eigenvalue weighted by Gasteiger charge is 2.06. The number of nitrogens with zero attached hydrogens (tertiary/aromatic N) is 4. The molecule has 0 fully saturated rings. The lowest BCUT2D eigenvalue weighted by atomic mass is 10.2. The second-order valence-corrected chi connectivity index (χ2v) is 4.77. The molecule has 0 bridgehead atoms. The van der Waals surface area contributed by atoms with E-state index in [9.17, 15) is 0 Å². The van der Waals surface area contributed by atoms with Crippen molar-refractivity contribution in [2.45, 2.75) is 13.3 Å². The van der Waals surface area contributed by atoms with Gasteiger partial charge in [0.25, 0.3) is 0 Å². The highest BCUT2D eigenvalue weighted by atomic mass is 16.3. The molecule has 0 aromatic carbocycles. The quantitative estimate of drug-likeness (QED) is 0.558. The zero-order valence-corrected chi connectivity index (χ0v) is 10.9. The number of imidazole rings is 1. The molecule has 0 unspecified atom stereocenters. The zero-order valence-electron chi connectivity index (χ0n) is 10.9. The van der Waals surface area contributed by atoms with Crippen molar-refractivity contribution < 1.29 is 4.42 Å². The third-order valence-corrected chi connectivity index (χ3v) is 3.24. The zero-order chi connectivity index (χ0) is 13.5. The lowest BCUT2D eigenvalue weighted by Crippen LogP contribution is -1.97. The van der Waals surface area contributed by atoms with Gasteiger partial charge in [0.15, 0.2) is 5.58 Å². The Bertz CT molecular complexity index is 906. The molecule has 0 saturated heterocycles. The van der Waals surface area contributed by atoms with Crippen LogP contribution in [0.1, 0.15) is 17.1 Å². The number of furan rings is 1. The van der Waals surface area contributed by atoms with E-state index < -0.39 is 0 Å². The number of hydrogen-bond donors (Lipinski definition) is 0. The van der Waals surface area contributed by atoms with Crippen molar-refractivity contribution in [1.29, 1.82) is 0 Å². The van der Waals surface area contributed by atoms with E-state index in [1.807, 2.05) is 48.0 Å². The van der Waals surface area contributed by atoms with Crippen LogP contribution < -0.4 is 0 Å². The topological polar surface area (TPSA) is 56.2 Å². The summed E-state index contributed by atoms with van der Waals surface area (Å²) in [6.45, 7) is 1.93. The van der Waals surface area contributed by atoms with E-state index in [0.29, 0.717) is 12.2 Å². The maximum atomic E-state index is 5.53. The molecule has 0 atom stereocenters. The Morgan fingerprint density at radius 1 is 1.10 bits per heavy atom. The molecule has 20 heavy (non-hydrogen) atoms. The molecule has 0 aliphatic rings. The van der Waals surface area contributed by atoms with Gasteiger partial charge in [0.05, 0.1) is 5.69 Å². The molecule has 0 radical (unpaired) electrons. The largest absolute Gasteiger partial charge is 0.460 e. The highest BCUT2D eigenvalue weighted by molar-refractivity contribution is 5.73. The maximum Gasteiger partial charge on any atom is 0.233 e. The fourth-order valence-corrected chi connectivity index (χ4v) is 2.31. The summed E-state index contributed by atoms with van der Waals surface area (Å²) in [7, 11) is 0. The van der Waals surface area contributed by atoms with Crippen molar-refractivity contribution in [1.82, 2.24) is 19.4 Å². The van der Waals surface area contributed by atoms with Gasteiger partial charge in [0.1, 0.15) is 11.3 Å². The van der Waals surface area contributed by atoms with Gasteiger partial charge < -0.3 is 4.42 Å². The summed E-state index contributed by atoms with van der Waals surface area (Å²) in [6, 6.07) is 7.87. The van der Waals surface area contributed by atoms with Crippen LogP contribution in [-0.4, -0.2) is 19.4 Å². The standard InChI is InChI=1S/C15H12N4O/c1-10-8-13-14(20-10)3-2-11(17-13)9-12-4-6-19-7-5-16-15(19)18-12/h2-8H,9H2,1H3. The van der Waals surface area contributed by atoms with Crippen LogP contribution in [0.2, 0.25) is 0 Å². The van der Waals surface area contributed by atoms with E-state index >= 15 is 0 Å². The Morgan fingerprint density at radius 2 is 2.00 bits per heavy atom. The summed E-state index contributed by atoms with van der Waals surface area (Å²) in [5, 5.41) is 0. The average molecular weight is 264 g/mol. The second-order valence-electron chi connectivity index (χ2n) is 4.77.